The maximum absolute atomic E-state index is 6.55. The van der Waals surface area contributed by atoms with Crippen LogP contribution in [0.15, 0.2) is 173 Å². The predicted molar refractivity (Wildman–Crippen MR) is 211 cm³/mol. The summed E-state index contributed by atoms with van der Waals surface area (Å²) in [6.45, 7) is 0. The van der Waals surface area contributed by atoms with E-state index < -0.39 is 0 Å². The minimum atomic E-state index is 0.584. The number of nitrogens with zero attached hydrogens (tertiary/aromatic N) is 3. The van der Waals surface area contributed by atoms with Gasteiger partial charge >= 0.3 is 0 Å². The minimum absolute atomic E-state index is 0.584. The molecule has 0 saturated carbocycles. The van der Waals surface area contributed by atoms with E-state index in [1.54, 1.807) is 0 Å². The largest absolute Gasteiger partial charge is 0.456 e. The Morgan fingerprint density at radius 1 is 0.308 bits per heavy atom. The summed E-state index contributed by atoms with van der Waals surface area (Å²) in [5.74, 6) is 1.78. The highest BCUT2D eigenvalue weighted by molar-refractivity contribution is 6.20. The highest BCUT2D eigenvalue weighted by atomic mass is 16.3. The summed E-state index contributed by atoms with van der Waals surface area (Å²) in [6.07, 6.45) is 0. The SMILES string of the molecule is c1ccc(-c2nc(-c3ccccc3-c3cccc4oc5cc6ccc7ccccc7c6cc5c34)nc(-c3cccc4oc5ccccc5c34)n2)cc1. The van der Waals surface area contributed by atoms with E-state index in [4.69, 9.17) is 23.8 Å². The maximum atomic E-state index is 6.55. The van der Waals surface area contributed by atoms with E-state index in [1.165, 1.54) is 16.2 Å². The van der Waals surface area contributed by atoms with Crippen molar-refractivity contribution < 1.29 is 8.83 Å². The molecule has 0 aliphatic carbocycles. The van der Waals surface area contributed by atoms with Crippen molar-refractivity contribution in [3.63, 3.8) is 0 Å². The van der Waals surface area contributed by atoms with Crippen LogP contribution in [0.3, 0.4) is 0 Å². The van der Waals surface area contributed by atoms with E-state index in [2.05, 4.69) is 97.1 Å². The molecule has 0 N–H and O–H groups in total. The van der Waals surface area contributed by atoms with Gasteiger partial charge in [-0.25, -0.2) is 15.0 Å². The Hall–Kier alpha value is -7.11. The van der Waals surface area contributed by atoms with Gasteiger partial charge in [0.2, 0.25) is 0 Å². The standard InChI is InChI=1S/C47H27N3O2/c1-2-13-29(14-3-1)45-48-46(50-47(49-45)36-20-11-23-41-44(36)35-18-8-9-21-39(35)51-41)34-17-7-6-16-32(34)33-19-10-22-40-43(33)38-27-37-30(26-42(38)52-40)25-24-28-12-4-5-15-31(28)37/h1-27H. The van der Waals surface area contributed by atoms with E-state index in [1.807, 2.05) is 66.7 Å². The molecule has 0 bridgehead atoms. The fraction of sp³-hybridized carbons (Fsp3) is 0. The Morgan fingerprint density at radius 3 is 1.73 bits per heavy atom. The summed E-state index contributed by atoms with van der Waals surface area (Å²) in [5.41, 5.74) is 8.09. The second-order valence-electron chi connectivity index (χ2n) is 13.1. The lowest BCUT2D eigenvalue weighted by Gasteiger charge is -2.13. The first-order chi connectivity index (χ1) is 25.8. The van der Waals surface area contributed by atoms with Crippen LogP contribution in [-0.2, 0) is 0 Å². The molecule has 242 valence electrons. The molecule has 0 amide bonds. The van der Waals surface area contributed by atoms with Crippen molar-refractivity contribution in [1.29, 1.82) is 0 Å². The van der Waals surface area contributed by atoms with Gasteiger partial charge in [-0.2, -0.15) is 0 Å². The second-order valence-corrected chi connectivity index (χ2v) is 13.1. The third kappa shape index (κ3) is 4.39. The average Bonchev–Trinajstić information content (AvgIpc) is 3.78. The van der Waals surface area contributed by atoms with E-state index in [-0.39, 0.29) is 0 Å². The quantitative estimate of drug-likeness (QED) is 0.175. The van der Waals surface area contributed by atoms with Crippen LogP contribution >= 0.6 is 0 Å². The van der Waals surface area contributed by atoms with Crippen LogP contribution in [0.4, 0.5) is 0 Å². The number of rotatable bonds is 4. The molecule has 3 aromatic heterocycles. The van der Waals surface area contributed by atoms with E-state index in [0.717, 1.165) is 77.1 Å². The van der Waals surface area contributed by atoms with Crippen molar-refractivity contribution in [2.24, 2.45) is 0 Å². The summed E-state index contributed by atoms with van der Waals surface area (Å²) in [4.78, 5) is 15.5. The first-order valence-electron chi connectivity index (χ1n) is 17.4. The Morgan fingerprint density at radius 2 is 0.885 bits per heavy atom. The fourth-order valence-electron chi connectivity index (χ4n) is 7.76. The predicted octanol–water partition coefficient (Wildman–Crippen LogP) is 12.6. The van der Waals surface area contributed by atoms with E-state index in [0.29, 0.717) is 17.5 Å². The van der Waals surface area contributed by atoms with Crippen molar-refractivity contribution in [3.05, 3.63) is 164 Å². The van der Waals surface area contributed by atoms with Crippen molar-refractivity contribution >= 4 is 65.4 Å². The molecule has 0 aliphatic rings. The Balaban J connectivity index is 1.17. The fourth-order valence-corrected chi connectivity index (χ4v) is 7.76. The van der Waals surface area contributed by atoms with Crippen LogP contribution in [0.25, 0.3) is 111 Å². The zero-order valence-corrected chi connectivity index (χ0v) is 27.7. The maximum Gasteiger partial charge on any atom is 0.164 e. The third-order valence-corrected chi connectivity index (χ3v) is 10.1. The lowest BCUT2D eigenvalue weighted by Crippen LogP contribution is -2.01. The van der Waals surface area contributed by atoms with Crippen LogP contribution in [0.2, 0.25) is 0 Å². The van der Waals surface area contributed by atoms with Crippen LogP contribution in [0, 0.1) is 0 Å². The molecule has 0 saturated heterocycles. The van der Waals surface area contributed by atoms with Crippen LogP contribution in [-0.4, -0.2) is 15.0 Å². The molecule has 5 heteroatoms. The highest BCUT2D eigenvalue weighted by Gasteiger charge is 2.21. The summed E-state index contributed by atoms with van der Waals surface area (Å²) in [6, 6.07) is 56.2. The molecule has 0 radical (unpaired) electrons. The van der Waals surface area contributed by atoms with Gasteiger partial charge in [-0.05, 0) is 63.0 Å². The van der Waals surface area contributed by atoms with Crippen molar-refractivity contribution in [1.82, 2.24) is 15.0 Å². The van der Waals surface area contributed by atoms with Crippen LogP contribution in [0.1, 0.15) is 0 Å². The molecule has 0 atom stereocenters. The van der Waals surface area contributed by atoms with Gasteiger partial charge in [-0.15, -0.1) is 0 Å². The van der Waals surface area contributed by atoms with Gasteiger partial charge in [0, 0.05) is 38.2 Å². The molecular weight excluding hydrogens is 639 g/mol. The van der Waals surface area contributed by atoms with Crippen LogP contribution < -0.4 is 0 Å². The number of hydrogen-bond acceptors (Lipinski definition) is 5. The Bertz CT molecular complexity index is 3190. The summed E-state index contributed by atoms with van der Waals surface area (Å²) >= 11 is 0. The molecule has 52 heavy (non-hydrogen) atoms. The molecule has 8 aromatic carbocycles. The van der Waals surface area contributed by atoms with E-state index in [9.17, 15) is 0 Å². The zero-order chi connectivity index (χ0) is 34.2. The number of para-hydroxylation sites is 1. The molecule has 11 aromatic rings. The topological polar surface area (TPSA) is 65.0 Å². The van der Waals surface area contributed by atoms with Gasteiger partial charge in [0.15, 0.2) is 17.5 Å². The van der Waals surface area contributed by atoms with Gasteiger partial charge in [-0.1, -0.05) is 133 Å². The van der Waals surface area contributed by atoms with Gasteiger partial charge in [0.25, 0.3) is 0 Å². The average molecular weight is 666 g/mol. The lowest BCUT2D eigenvalue weighted by atomic mass is 9.93. The van der Waals surface area contributed by atoms with Crippen molar-refractivity contribution in [2.75, 3.05) is 0 Å². The summed E-state index contributed by atoms with van der Waals surface area (Å²) in [7, 11) is 0. The molecule has 11 rings (SSSR count). The molecule has 0 aliphatic heterocycles. The minimum Gasteiger partial charge on any atom is -0.456 e. The molecule has 3 heterocycles. The number of aromatic nitrogens is 3. The van der Waals surface area contributed by atoms with Crippen molar-refractivity contribution in [2.45, 2.75) is 0 Å². The summed E-state index contributed by atoms with van der Waals surface area (Å²) in [5, 5.41) is 8.93. The number of benzene rings is 8. The van der Waals surface area contributed by atoms with Crippen molar-refractivity contribution in [3.8, 4) is 45.3 Å². The first-order valence-corrected chi connectivity index (χ1v) is 17.4. The van der Waals surface area contributed by atoms with Gasteiger partial charge < -0.3 is 8.83 Å². The van der Waals surface area contributed by atoms with E-state index >= 15 is 0 Å². The first kappa shape index (κ1) is 28.7. The van der Waals surface area contributed by atoms with Gasteiger partial charge in [0.1, 0.15) is 22.3 Å². The second kappa shape index (κ2) is 11.2. The Kier molecular flexibility index (Phi) is 6.18. The molecule has 5 nitrogen and oxygen atoms in total. The normalized spacial score (nSPS) is 11.8. The number of fused-ring (bicyclic) bond motifs is 9. The number of furan rings is 2. The molecule has 0 fully saturated rings. The molecule has 0 spiro atoms. The van der Waals surface area contributed by atoms with Gasteiger partial charge in [-0.3, -0.25) is 0 Å². The highest BCUT2D eigenvalue weighted by Crippen LogP contribution is 2.43. The smallest absolute Gasteiger partial charge is 0.164 e. The number of hydrogen-bond donors (Lipinski definition) is 0. The van der Waals surface area contributed by atoms with Gasteiger partial charge in [0.05, 0.1) is 0 Å². The van der Waals surface area contributed by atoms with Crippen LogP contribution in [0.5, 0.6) is 0 Å². The molecular formula is C47H27N3O2. The lowest BCUT2D eigenvalue weighted by molar-refractivity contribution is 0.669. The molecule has 0 unspecified atom stereocenters. The monoisotopic (exact) mass is 665 g/mol. The third-order valence-electron chi connectivity index (χ3n) is 10.1. The zero-order valence-electron chi connectivity index (χ0n) is 27.7. The summed E-state index contributed by atoms with van der Waals surface area (Å²) < 4.78 is 12.8. The Labute approximate surface area is 297 Å².